The summed E-state index contributed by atoms with van der Waals surface area (Å²) in [7, 11) is -1.43. The Morgan fingerprint density at radius 2 is 2.00 bits per heavy atom. The highest BCUT2D eigenvalue weighted by atomic mass is 16.5. The SMILES string of the molecule is CCCCCCOc1cccc(B(O)O)c1. The zero-order chi connectivity index (χ0) is 11.8. The fourth-order valence-electron chi connectivity index (χ4n) is 1.48. The molecule has 0 heterocycles. The third-order valence-corrected chi connectivity index (χ3v) is 2.42. The van der Waals surface area contributed by atoms with Gasteiger partial charge in [-0.25, -0.2) is 0 Å². The zero-order valence-corrected chi connectivity index (χ0v) is 9.72. The Bertz CT molecular complexity index is 302. The Labute approximate surface area is 97.2 Å². The van der Waals surface area contributed by atoms with E-state index in [1.54, 1.807) is 18.2 Å². The molecule has 1 aromatic rings. The maximum atomic E-state index is 8.99. The second kappa shape index (κ2) is 7.31. The summed E-state index contributed by atoms with van der Waals surface area (Å²) in [4.78, 5) is 0. The number of rotatable bonds is 7. The van der Waals surface area contributed by atoms with Crippen LogP contribution in [0.4, 0.5) is 0 Å². The fraction of sp³-hybridized carbons (Fsp3) is 0.500. The van der Waals surface area contributed by atoms with E-state index in [0.717, 1.165) is 6.42 Å². The summed E-state index contributed by atoms with van der Waals surface area (Å²) in [6, 6.07) is 6.90. The van der Waals surface area contributed by atoms with Crippen molar-refractivity contribution >= 4 is 12.6 Å². The van der Waals surface area contributed by atoms with Crippen molar-refractivity contribution in [1.29, 1.82) is 0 Å². The van der Waals surface area contributed by atoms with E-state index >= 15 is 0 Å². The Kier molecular flexibility index (Phi) is 5.97. The Morgan fingerprint density at radius 1 is 1.19 bits per heavy atom. The van der Waals surface area contributed by atoms with Gasteiger partial charge in [0.2, 0.25) is 0 Å². The van der Waals surface area contributed by atoms with Gasteiger partial charge < -0.3 is 14.8 Å². The average Bonchev–Trinajstić information content (AvgIpc) is 2.29. The lowest BCUT2D eigenvalue weighted by Gasteiger charge is -2.07. The predicted molar refractivity (Wildman–Crippen MR) is 65.9 cm³/mol. The minimum absolute atomic E-state index is 0.464. The normalized spacial score (nSPS) is 10.2. The largest absolute Gasteiger partial charge is 0.494 e. The van der Waals surface area contributed by atoms with E-state index in [1.807, 2.05) is 6.07 Å². The minimum atomic E-state index is -1.43. The molecule has 0 saturated heterocycles. The quantitative estimate of drug-likeness (QED) is 0.540. The molecular weight excluding hydrogens is 203 g/mol. The molecule has 0 aromatic heterocycles. The van der Waals surface area contributed by atoms with Gasteiger partial charge in [0.05, 0.1) is 6.61 Å². The lowest BCUT2D eigenvalue weighted by atomic mass is 9.80. The molecule has 1 rings (SSSR count). The van der Waals surface area contributed by atoms with Crippen molar-refractivity contribution in [1.82, 2.24) is 0 Å². The van der Waals surface area contributed by atoms with Crippen molar-refractivity contribution in [2.24, 2.45) is 0 Å². The number of benzene rings is 1. The van der Waals surface area contributed by atoms with Crippen LogP contribution in [0.1, 0.15) is 32.6 Å². The van der Waals surface area contributed by atoms with Crippen LogP contribution in [0.5, 0.6) is 5.75 Å². The molecular formula is C12H19BO3. The molecule has 0 aliphatic rings. The van der Waals surface area contributed by atoms with Crippen LogP contribution in [0, 0.1) is 0 Å². The van der Waals surface area contributed by atoms with Gasteiger partial charge in [0, 0.05) is 0 Å². The summed E-state index contributed by atoms with van der Waals surface area (Å²) < 4.78 is 5.52. The van der Waals surface area contributed by atoms with E-state index in [9.17, 15) is 0 Å². The van der Waals surface area contributed by atoms with Gasteiger partial charge in [-0.15, -0.1) is 0 Å². The molecule has 1 aromatic carbocycles. The van der Waals surface area contributed by atoms with Gasteiger partial charge in [-0.2, -0.15) is 0 Å². The van der Waals surface area contributed by atoms with Gasteiger partial charge in [-0.1, -0.05) is 38.3 Å². The molecule has 16 heavy (non-hydrogen) atoms. The number of hydrogen-bond donors (Lipinski definition) is 2. The lowest BCUT2D eigenvalue weighted by Crippen LogP contribution is -2.29. The topological polar surface area (TPSA) is 49.7 Å². The molecule has 0 bridgehead atoms. The van der Waals surface area contributed by atoms with E-state index in [0.29, 0.717) is 17.8 Å². The van der Waals surface area contributed by atoms with E-state index < -0.39 is 7.12 Å². The maximum absolute atomic E-state index is 8.99. The molecule has 0 unspecified atom stereocenters. The Hall–Kier alpha value is -0.995. The van der Waals surface area contributed by atoms with Crippen LogP contribution in [0.2, 0.25) is 0 Å². The third-order valence-electron chi connectivity index (χ3n) is 2.42. The summed E-state index contributed by atoms with van der Waals surface area (Å²) in [6.07, 6.45) is 4.67. The van der Waals surface area contributed by atoms with Crippen molar-refractivity contribution in [2.75, 3.05) is 6.61 Å². The Morgan fingerprint density at radius 3 is 2.69 bits per heavy atom. The van der Waals surface area contributed by atoms with Gasteiger partial charge in [0.1, 0.15) is 5.75 Å². The molecule has 0 aliphatic carbocycles. The smallest absolute Gasteiger partial charge is 0.488 e. The van der Waals surface area contributed by atoms with E-state index in [1.165, 1.54) is 19.3 Å². The zero-order valence-electron chi connectivity index (χ0n) is 9.72. The summed E-state index contributed by atoms with van der Waals surface area (Å²) in [5, 5.41) is 18.0. The predicted octanol–water partition coefficient (Wildman–Crippen LogP) is 1.33. The monoisotopic (exact) mass is 222 g/mol. The number of hydrogen-bond acceptors (Lipinski definition) is 3. The molecule has 0 spiro atoms. The summed E-state index contributed by atoms with van der Waals surface area (Å²) in [6.45, 7) is 2.86. The van der Waals surface area contributed by atoms with Crippen molar-refractivity contribution < 1.29 is 14.8 Å². The van der Waals surface area contributed by atoms with Crippen LogP contribution in [0.25, 0.3) is 0 Å². The summed E-state index contributed by atoms with van der Waals surface area (Å²) in [5.74, 6) is 0.696. The van der Waals surface area contributed by atoms with Gasteiger partial charge in [0.25, 0.3) is 0 Å². The first-order valence-corrected chi connectivity index (χ1v) is 5.83. The molecule has 0 saturated carbocycles. The van der Waals surface area contributed by atoms with Crippen LogP contribution in [-0.2, 0) is 0 Å². The van der Waals surface area contributed by atoms with Crippen molar-refractivity contribution in [2.45, 2.75) is 32.6 Å². The minimum Gasteiger partial charge on any atom is -0.494 e. The van der Waals surface area contributed by atoms with Crippen LogP contribution < -0.4 is 10.2 Å². The first-order valence-electron chi connectivity index (χ1n) is 5.83. The highest BCUT2D eigenvalue weighted by Crippen LogP contribution is 2.09. The molecule has 0 amide bonds. The van der Waals surface area contributed by atoms with Crippen LogP contribution in [0.3, 0.4) is 0 Å². The summed E-state index contributed by atoms with van der Waals surface area (Å²) >= 11 is 0. The van der Waals surface area contributed by atoms with E-state index in [-0.39, 0.29) is 0 Å². The van der Waals surface area contributed by atoms with E-state index in [2.05, 4.69) is 6.92 Å². The second-order valence-corrected chi connectivity index (χ2v) is 3.86. The molecule has 88 valence electrons. The lowest BCUT2D eigenvalue weighted by molar-refractivity contribution is 0.305. The second-order valence-electron chi connectivity index (χ2n) is 3.86. The standard InChI is InChI=1S/C12H19BO3/c1-2-3-4-5-9-16-12-8-6-7-11(10-12)13(14)15/h6-8,10,14-15H,2-5,9H2,1H3. The number of ether oxygens (including phenoxy) is 1. The summed E-state index contributed by atoms with van der Waals surface area (Å²) in [5.41, 5.74) is 0.464. The molecule has 0 radical (unpaired) electrons. The molecule has 0 fully saturated rings. The molecule has 0 aliphatic heterocycles. The fourth-order valence-corrected chi connectivity index (χ4v) is 1.48. The molecule has 3 nitrogen and oxygen atoms in total. The highest BCUT2D eigenvalue weighted by Gasteiger charge is 2.10. The maximum Gasteiger partial charge on any atom is 0.488 e. The van der Waals surface area contributed by atoms with Gasteiger partial charge >= 0.3 is 7.12 Å². The van der Waals surface area contributed by atoms with Crippen LogP contribution >= 0.6 is 0 Å². The first kappa shape index (κ1) is 13.1. The van der Waals surface area contributed by atoms with Gasteiger partial charge in [-0.3, -0.25) is 0 Å². The van der Waals surface area contributed by atoms with E-state index in [4.69, 9.17) is 14.8 Å². The first-order chi connectivity index (χ1) is 7.74. The van der Waals surface area contributed by atoms with Crippen LogP contribution in [-0.4, -0.2) is 23.8 Å². The number of unbranched alkanes of at least 4 members (excludes halogenated alkanes) is 3. The molecule has 2 N–H and O–H groups in total. The molecule has 4 heteroatoms. The Balaban J connectivity index is 2.33. The van der Waals surface area contributed by atoms with Gasteiger partial charge in [-0.05, 0) is 24.0 Å². The average molecular weight is 222 g/mol. The highest BCUT2D eigenvalue weighted by molar-refractivity contribution is 6.58. The van der Waals surface area contributed by atoms with Crippen molar-refractivity contribution in [3.63, 3.8) is 0 Å². The van der Waals surface area contributed by atoms with Crippen molar-refractivity contribution in [3.8, 4) is 5.75 Å². The van der Waals surface area contributed by atoms with Crippen LogP contribution in [0.15, 0.2) is 24.3 Å². The third kappa shape index (κ3) is 4.68. The molecule has 0 atom stereocenters. The van der Waals surface area contributed by atoms with Gasteiger partial charge in [0.15, 0.2) is 0 Å². The van der Waals surface area contributed by atoms with Crippen molar-refractivity contribution in [3.05, 3.63) is 24.3 Å².